The zero-order chi connectivity index (χ0) is 13.0. The van der Waals surface area contributed by atoms with E-state index in [1.165, 1.54) is 0 Å². The summed E-state index contributed by atoms with van der Waals surface area (Å²) in [6.45, 7) is 2.11. The topological polar surface area (TPSA) is 62.3 Å². The van der Waals surface area contributed by atoms with Crippen LogP contribution in [0.15, 0.2) is 18.5 Å². The first-order chi connectivity index (χ1) is 8.62. The van der Waals surface area contributed by atoms with Gasteiger partial charge in [0.15, 0.2) is 9.84 Å². The van der Waals surface area contributed by atoms with Crippen molar-refractivity contribution in [3.8, 4) is 0 Å². The number of aromatic nitrogens is 1. The molecule has 1 aliphatic rings. The molecule has 1 fully saturated rings. The van der Waals surface area contributed by atoms with Gasteiger partial charge in [0.05, 0.1) is 11.5 Å². The van der Waals surface area contributed by atoms with Gasteiger partial charge >= 0.3 is 0 Å². The fraction of sp³-hybridized carbons (Fsp3) is 0.583. The van der Waals surface area contributed by atoms with Crippen LogP contribution in [-0.2, 0) is 16.4 Å². The van der Waals surface area contributed by atoms with Crippen LogP contribution in [0.5, 0.6) is 0 Å². The smallest absolute Gasteiger partial charge is 0.152 e. The largest absolute Gasteiger partial charge is 0.370 e. The molecule has 6 heteroatoms. The van der Waals surface area contributed by atoms with Gasteiger partial charge in [-0.25, -0.2) is 8.42 Å². The maximum absolute atomic E-state index is 11.6. The summed E-state index contributed by atoms with van der Waals surface area (Å²) < 4.78 is 23.2. The molecule has 18 heavy (non-hydrogen) atoms. The number of nitrogens with zero attached hydrogens (tertiary/aromatic N) is 2. The molecule has 2 rings (SSSR count). The van der Waals surface area contributed by atoms with Gasteiger partial charge in [-0.15, -0.1) is 0 Å². The molecule has 0 amide bonds. The molecule has 1 aromatic rings. The average molecular weight is 269 g/mol. The minimum Gasteiger partial charge on any atom is -0.370 e. The molecule has 0 aliphatic carbocycles. The van der Waals surface area contributed by atoms with Crippen LogP contribution >= 0.6 is 0 Å². The number of hydrogen-bond donors (Lipinski definition) is 1. The quantitative estimate of drug-likeness (QED) is 0.862. The Morgan fingerprint density at radius 1 is 1.39 bits per heavy atom. The van der Waals surface area contributed by atoms with Crippen molar-refractivity contribution in [2.75, 3.05) is 36.5 Å². The lowest BCUT2D eigenvalue weighted by Gasteiger charge is -2.24. The van der Waals surface area contributed by atoms with Crippen molar-refractivity contribution in [1.29, 1.82) is 0 Å². The number of rotatable bonds is 3. The Morgan fingerprint density at radius 3 is 3.00 bits per heavy atom. The molecule has 1 N–H and O–H groups in total. The third kappa shape index (κ3) is 3.20. The molecule has 2 heterocycles. The highest BCUT2D eigenvalue weighted by molar-refractivity contribution is 7.91. The highest BCUT2D eigenvalue weighted by atomic mass is 32.2. The van der Waals surface area contributed by atoms with Gasteiger partial charge in [-0.1, -0.05) is 0 Å². The van der Waals surface area contributed by atoms with E-state index in [1.54, 1.807) is 6.20 Å². The standard InChI is InChI=1S/C12H19N3O2S/c1-13-9-11-10-14-4-3-12(11)15-5-2-7-18(16,17)8-6-15/h3-4,10,13H,2,5-9H2,1H3. The van der Waals surface area contributed by atoms with Crippen LogP contribution in [0.2, 0.25) is 0 Å². The summed E-state index contributed by atoms with van der Waals surface area (Å²) in [5.74, 6) is 0.546. The fourth-order valence-corrected chi connectivity index (χ4v) is 3.51. The van der Waals surface area contributed by atoms with Crippen molar-refractivity contribution in [2.24, 2.45) is 0 Å². The van der Waals surface area contributed by atoms with Gasteiger partial charge < -0.3 is 10.2 Å². The zero-order valence-corrected chi connectivity index (χ0v) is 11.4. The molecule has 0 spiro atoms. The zero-order valence-electron chi connectivity index (χ0n) is 10.6. The van der Waals surface area contributed by atoms with Crippen molar-refractivity contribution in [2.45, 2.75) is 13.0 Å². The van der Waals surface area contributed by atoms with Crippen molar-refractivity contribution in [1.82, 2.24) is 10.3 Å². The third-order valence-corrected chi connectivity index (χ3v) is 4.86. The van der Waals surface area contributed by atoms with E-state index >= 15 is 0 Å². The monoisotopic (exact) mass is 269 g/mol. The second-order valence-electron chi connectivity index (χ2n) is 4.53. The number of anilines is 1. The number of hydrogen-bond acceptors (Lipinski definition) is 5. The van der Waals surface area contributed by atoms with E-state index in [0.29, 0.717) is 18.7 Å². The van der Waals surface area contributed by atoms with Crippen LogP contribution in [0.25, 0.3) is 0 Å². The molecule has 0 aromatic carbocycles. The minimum atomic E-state index is -2.86. The van der Waals surface area contributed by atoms with E-state index in [1.807, 2.05) is 19.3 Å². The maximum Gasteiger partial charge on any atom is 0.152 e. The SMILES string of the molecule is CNCc1cnccc1N1CCCS(=O)(=O)CC1. The van der Waals surface area contributed by atoms with E-state index in [9.17, 15) is 8.42 Å². The Hall–Kier alpha value is -1.14. The van der Waals surface area contributed by atoms with E-state index in [4.69, 9.17) is 0 Å². The van der Waals surface area contributed by atoms with Gasteiger partial charge in [-0.3, -0.25) is 4.98 Å². The van der Waals surface area contributed by atoms with Crippen LogP contribution in [0, 0.1) is 0 Å². The minimum absolute atomic E-state index is 0.244. The summed E-state index contributed by atoms with van der Waals surface area (Å²) in [6, 6.07) is 1.96. The van der Waals surface area contributed by atoms with E-state index in [0.717, 1.165) is 24.3 Å². The summed E-state index contributed by atoms with van der Waals surface area (Å²) in [4.78, 5) is 6.28. The first-order valence-corrected chi connectivity index (χ1v) is 7.97. The predicted molar refractivity (Wildman–Crippen MR) is 72.5 cm³/mol. The average Bonchev–Trinajstić information content (AvgIpc) is 2.52. The van der Waals surface area contributed by atoms with Crippen LogP contribution in [0.4, 0.5) is 5.69 Å². The van der Waals surface area contributed by atoms with E-state index in [2.05, 4.69) is 15.2 Å². The van der Waals surface area contributed by atoms with Gasteiger partial charge in [-0.05, 0) is 19.5 Å². The molecule has 0 atom stereocenters. The van der Waals surface area contributed by atoms with Crippen molar-refractivity contribution in [3.63, 3.8) is 0 Å². The van der Waals surface area contributed by atoms with Crippen molar-refractivity contribution < 1.29 is 8.42 Å². The molecule has 1 saturated heterocycles. The van der Waals surface area contributed by atoms with E-state index in [-0.39, 0.29) is 5.75 Å². The van der Waals surface area contributed by atoms with E-state index < -0.39 is 9.84 Å². The third-order valence-electron chi connectivity index (χ3n) is 3.14. The first-order valence-electron chi connectivity index (χ1n) is 6.15. The summed E-state index contributed by atoms with van der Waals surface area (Å²) >= 11 is 0. The molecule has 0 saturated carbocycles. The fourth-order valence-electron chi connectivity index (χ4n) is 2.23. The normalized spacial score (nSPS) is 19.5. The van der Waals surface area contributed by atoms with Gasteiger partial charge in [0, 0.05) is 43.3 Å². The Balaban J connectivity index is 2.20. The van der Waals surface area contributed by atoms with Crippen molar-refractivity contribution >= 4 is 15.5 Å². The summed E-state index contributed by atoms with van der Waals surface area (Å²) in [7, 11) is -0.966. The molecular formula is C12H19N3O2S. The van der Waals surface area contributed by atoms with Gasteiger partial charge in [-0.2, -0.15) is 0 Å². The lowest BCUT2D eigenvalue weighted by Crippen LogP contribution is -2.28. The molecule has 1 aliphatic heterocycles. The second-order valence-corrected chi connectivity index (χ2v) is 6.83. The molecule has 0 radical (unpaired) electrons. The maximum atomic E-state index is 11.6. The lowest BCUT2D eigenvalue weighted by molar-refractivity contribution is 0.597. The molecule has 100 valence electrons. The molecule has 5 nitrogen and oxygen atoms in total. The molecular weight excluding hydrogens is 250 g/mol. The summed E-state index contributed by atoms with van der Waals surface area (Å²) in [5.41, 5.74) is 2.20. The summed E-state index contributed by atoms with van der Waals surface area (Å²) in [6.07, 6.45) is 4.29. The number of pyridine rings is 1. The predicted octanol–water partition coefficient (Wildman–Crippen LogP) is 0.426. The van der Waals surface area contributed by atoms with Crippen LogP contribution in [-0.4, -0.2) is 45.0 Å². The first kappa shape index (κ1) is 13.3. The number of nitrogens with one attached hydrogen (secondary N) is 1. The van der Waals surface area contributed by atoms with Gasteiger partial charge in [0.2, 0.25) is 0 Å². The Morgan fingerprint density at radius 2 is 2.22 bits per heavy atom. The Kier molecular flexibility index (Phi) is 4.19. The second kappa shape index (κ2) is 5.67. The van der Waals surface area contributed by atoms with Crippen LogP contribution in [0.1, 0.15) is 12.0 Å². The number of sulfone groups is 1. The highest BCUT2D eigenvalue weighted by Crippen LogP contribution is 2.21. The van der Waals surface area contributed by atoms with Crippen LogP contribution in [0.3, 0.4) is 0 Å². The molecule has 0 unspecified atom stereocenters. The Bertz CT molecular complexity index is 502. The Labute approximate surface area is 108 Å². The summed E-state index contributed by atoms with van der Waals surface area (Å²) in [5, 5.41) is 3.11. The van der Waals surface area contributed by atoms with Crippen LogP contribution < -0.4 is 10.2 Å². The van der Waals surface area contributed by atoms with Gasteiger partial charge in [0.25, 0.3) is 0 Å². The molecule has 0 bridgehead atoms. The highest BCUT2D eigenvalue weighted by Gasteiger charge is 2.20. The molecule has 1 aromatic heterocycles. The van der Waals surface area contributed by atoms with Gasteiger partial charge in [0.1, 0.15) is 0 Å². The lowest BCUT2D eigenvalue weighted by atomic mass is 10.2. The van der Waals surface area contributed by atoms with Crippen molar-refractivity contribution in [3.05, 3.63) is 24.0 Å².